The second kappa shape index (κ2) is 5.03. The normalized spacial score (nSPS) is 13.4. The van der Waals surface area contributed by atoms with Crippen LogP contribution in [0.3, 0.4) is 0 Å². The molecule has 0 unspecified atom stereocenters. The summed E-state index contributed by atoms with van der Waals surface area (Å²) in [6.07, 6.45) is -3.41. The van der Waals surface area contributed by atoms with E-state index in [1.807, 2.05) is 0 Å². The first-order valence-corrected chi connectivity index (χ1v) is 7.44. The summed E-state index contributed by atoms with van der Waals surface area (Å²) in [5.74, 6) is 0. The molecule has 0 aliphatic carbocycles. The molecule has 19 heavy (non-hydrogen) atoms. The third-order valence-corrected chi connectivity index (χ3v) is 5.09. The first-order chi connectivity index (χ1) is 8.45. The van der Waals surface area contributed by atoms with Gasteiger partial charge in [0.2, 0.25) is 0 Å². The standard InChI is InChI=1S/C12H16F3NO2S/c1-11(2,19(3,17)18)8-16-10-7-5-4-6-9(10)12(13,14)15/h4-7,16H,8H2,1-3H3. The van der Waals surface area contributed by atoms with Gasteiger partial charge < -0.3 is 5.32 Å². The van der Waals surface area contributed by atoms with E-state index in [1.54, 1.807) is 0 Å². The topological polar surface area (TPSA) is 46.2 Å². The summed E-state index contributed by atoms with van der Waals surface area (Å²) in [7, 11) is -3.36. The zero-order chi connectivity index (χ0) is 14.9. The highest BCUT2D eigenvalue weighted by Gasteiger charge is 2.35. The largest absolute Gasteiger partial charge is 0.418 e. The Morgan fingerprint density at radius 3 is 2.16 bits per heavy atom. The Morgan fingerprint density at radius 2 is 1.68 bits per heavy atom. The summed E-state index contributed by atoms with van der Waals surface area (Å²) >= 11 is 0. The molecule has 1 rings (SSSR count). The maximum absolute atomic E-state index is 12.7. The van der Waals surface area contributed by atoms with E-state index in [1.165, 1.54) is 32.0 Å². The number of hydrogen-bond donors (Lipinski definition) is 1. The second-order valence-corrected chi connectivity index (χ2v) is 7.58. The van der Waals surface area contributed by atoms with Gasteiger partial charge in [-0.05, 0) is 26.0 Å². The minimum Gasteiger partial charge on any atom is -0.383 e. The zero-order valence-corrected chi connectivity index (χ0v) is 11.7. The molecule has 7 heteroatoms. The van der Waals surface area contributed by atoms with Crippen LogP contribution in [-0.2, 0) is 16.0 Å². The van der Waals surface area contributed by atoms with Crippen molar-refractivity contribution in [2.75, 3.05) is 18.1 Å². The van der Waals surface area contributed by atoms with Crippen molar-refractivity contribution in [1.82, 2.24) is 0 Å². The molecule has 0 spiro atoms. The van der Waals surface area contributed by atoms with Crippen LogP contribution in [0.25, 0.3) is 0 Å². The SMILES string of the molecule is CC(C)(CNc1ccccc1C(F)(F)F)S(C)(=O)=O. The first kappa shape index (κ1) is 15.8. The lowest BCUT2D eigenvalue weighted by Gasteiger charge is -2.24. The molecule has 0 amide bonds. The van der Waals surface area contributed by atoms with Gasteiger partial charge in [0, 0.05) is 18.5 Å². The van der Waals surface area contributed by atoms with Gasteiger partial charge in [0.05, 0.1) is 10.3 Å². The molecule has 0 heterocycles. The Hall–Kier alpha value is -1.24. The summed E-state index contributed by atoms with van der Waals surface area (Å²) in [5.41, 5.74) is -0.925. The Kier molecular flexibility index (Phi) is 4.19. The van der Waals surface area contributed by atoms with Crippen LogP contribution in [0.1, 0.15) is 19.4 Å². The number of alkyl halides is 3. The third-order valence-electron chi connectivity index (χ3n) is 2.94. The molecule has 0 radical (unpaired) electrons. The molecular weight excluding hydrogens is 279 g/mol. The quantitative estimate of drug-likeness (QED) is 0.929. The minimum absolute atomic E-state index is 0.0983. The Morgan fingerprint density at radius 1 is 1.16 bits per heavy atom. The second-order valence-electron chi connectivity index (χ2n) is 4.93. The lowest BCUT2D eigenvalue weighted by atomic mass is 10.1. The summed E-state index contributed by atoms with van der Waals surface area (Å²) in [4.78, 5) is 0. The van der Waals surface area contributed by atoms with Crippen LogP contribution >= 0.6 is 0 Å². The Balaban J connectivity index is 2.97. The van der Waals surface area contributed by atoms with E-state index < -0.39 is 26.3 Å². The average molecular weight is 295 g/mol. The summed E-state index contributed by atoms with van der Waals surface area (Å²) in [6, 6.07) is 4.98. The van der Waals surface area contributed by atoms with Crippen LogP contribution < -0.4 is 5.32 Å². The number of sulfone groups is 1. The van der Waals surface area contributed by atoms with Gasteiger partial charge in [0.25, 0.3) is 0 Å². The Labute approximate surface area is 110 Å². The van der Waals surface area contributed by atoms with E-state index >= 15 is 0 Å². The molecular formula is C12H16F3NO2S. The first-order valence-electron chi connectivity index (χ1n) is 5.55. The molecule has 0 saturated carbocycles. The van der Waals surface area contributed by atoms with Crippen molar-refractivity contribution in [3.05, 3.63) is 29.8 Å². The number of benzene rings is 1. The van der Waals surface area contributed by atoms with Crippen molar-refractivity contribution in [1.29, 1.82) is 0 Å². The van der Waals surface area contributed by atoms with Crippen LogP contribution in [0.4, 0.5) is 18.9 Å². The van der Waals surface area contributed by atoms with Gasteiger partial charge in [0.15, 0.2) is 9.84 Å². The predicted molar refractivity (Wildman–Crippen MR) is 68.9 cm³/mol. The van der Waals surface area contributed by atoms with Gasteiger partial charge in [-0.1, -0.05) is 12.1 Å². The molecule has 108 valence electrons. The minimum atomic E-state index is -4.47. The molecule has 0 atom stereocenters. The van der Waals surface area contributed by atoms with Crippen LogP contribution in [0.2, 0.25) is 0 Å². The number of para-hydroxylation sites is 1. The molecule has 0 aliphatic rings. The molecule has 0 aliphatic heterocycles. The fraction of sp³-hybridized carbons (Fsp3) is 0.500. The van der Waals surface area contributed by atoms with Crippen molar-refractivity contribution in [3.8, 4) is 0 Å². The third kappa shape index (κ3) is 3.86. The molecule has 1 aromatic rings. The highest BCUT2D eigenvalue weighted by molar-refractivity contribution is 7.92. The molecule has 1 aromatic carbocycles. The predicted octanol–water partition coefficient (Wildman–Crippen LogP) is 2.94. The van der Waals surface area contributed by atoms with E-state index in [0.717, 1.165) is 12.3 Å². The average Bonchev–Trinajstić information content (AvgIpc) is 2.24. The molecule has 0 bridgehead atoms. The summed E-state index contributed by atoms with van der Waals surface area (Å²) in [6.45, 7) is 2.83. The highest BCUT2D eigenvalue weighted by Crippen LogP contribution is 2.34. The smallest absolute Gasteiger partial charge is 0.383 e. The molecule has 1 N–H and O–H groups in total. The molecule has 0 fully saturated rings. The van der Waals surface area contributed by atoms with Crippen LogP contribution in [0.15, 0.2) is 24.3 Å². The monoisotopic (exact) mass is 295 g/mol. The van der Waals surface area contributed by atoms with E-state index in [4.69, 9.17) is 0 Å². The zero-order valence-electron chi connectivity index (χ0n) is 10.9. The van der Waals surface area contributed by atoms with Gasteiger partial charge in [-0.25, -0.2) is 8.42 Å². The lowest BCUT2D eigenvalue weighted by Crippen LogP contribution is -2.38. The molecule has 0 aromatic heterocycles. The van der Waals surface area contributed by atoms with Crippen LogP contribution in [0.5, 0.6) is 0 Å². The number of hydrogen-bond acceptors (Lipinski definition) is 3. The lowest BCUT2D eigenvalue weighted by molar-refractivity contribution is -0.136. The highest BCUT2D eigenvalue weighted by atomic mass is 32.2. The summed E-state index contributed by atoms with van der Waals surface area (Å²) in [5, 5.41) is 2.57. The number of halogens is 3. The number of nitrogens with one attached hydrogen (secondary N) is 1. The molecule has 3 nitrogen and oxygen atoms in total. The van der Waals surface area contributed by atoms with Crippen molar-refractivity contribution in [3.63, 3.8) is 0 Å². The summed E-state index contributed by atoms with van der Waals surface area (Å²) < 4.78 is 60.1. The maximum atomic E-state index is 12.7. The van der Waals surface area contributed by atoms with Gasteiger partial charge >= 0.3 is 6.18 Å². The molecule has 0 saturated heterocycles. The fourth-order valence-electron chi connectivity index (χ4n) is 1.32. The van der Waals surface area contributed by atoms with Crippen molar-refractivity contribution in [2.45, 2.75) is 24.8 Å². The van der Waals surface area contributed by atoms with Gasteiger partial charge in [-0.2, -0.15) is 13.2 Å². The van der Waals surface area contributed by atoms with E-state index in [-0.39, 0.29) is 12.2 Å². The van der Waals surface area contributed by atoms with E-state index in [9.17, 15) is 21.6 Å². The van der Waals surface area contributed by atoms with E-state index in [2.05, 4.69) is 5.32 Å². The van der Waals surface area contributed by atoms with Crippen molar-refractivity contribution >= 4 is 15.5 Å². The number of anilines is 1. The Bertz CT molecular complexity index is 550. The number of rotatable bonds is 4. The van der Waals surface area contributed by atoms with Gasteiger partial charge in [0.1, 0.15) is 0 Å². The van der Waals surface area contributed by atoms with Crippen LogP contribution in [0, 0.1) is 0 Å². The van der Waals surface area contributed by atoms with Crippen molar-refractivity contribution in [2.24, 2.45) is 0 Å². The van der Waals surface area contributed by atoms with Crippen LogP contribution in [-0.4, -0.2) is 26.0 Å². The fourth-order valence-corrected chi connectivity index (χ4v) is 1.66. The van der Waals surface area contributed by atoms with Gasteiger partial charge in [-0.3, -0.25) is 0 Å². The van der Waals surface area contributed by atoms with Gasteiger partial charge in [-0.15, -0.1) is 0 Å². The van der Waals surface area contributed by atoms with Crippen molar-refractivity contribution < 1.29 is 21.6 Å². The van der Waals surface area contributed by atoms with E-state index in [0.29, 0.717) is 0 Å². The maximum Gasteiger partial charge on any atom is 0.418 e.